The third kappa shape index (κ3) is 2.84. The first-order valence-electron chi connectivity index (χ1n) is 6.43. The fourth-order valence-corrected chi connectivity index (χ4v) is 2.48. The summed E-state index contributed by atoms with van der Waals surface area (Å²) in [7, 11) is 0. The van der Waals surface area contributed by atoms with Crippen molar-refractivity contribution in [1.29, 1.82) is 0 Å². The van der Waals surface area contributed by atoms with Crippen molar-refractivity contribution in [3.63, 3.8) is 0 Å². The zero-order valence-electron chi connectivity index (χ0n) is 11.0. The Balaban J connectivity index is 2.34. The number of carbonyl (C=O) groups is 2. The highest BCUT2D eigenvalue weighted by Gasteiger charge is 2.38. The minimum atomic E-state index is -0.607. The van der Waals surface area contributed by atoms with Gasteiger partial charge in [0, 0.05) is 11.5 Å². The Morgan fingerprint density at radius 3 is 2.95 bits per heavy atom. The topological polar surface area (TPSA) is 63.6 Å². The average Bonchev–Trinajstić information content (AvgIpc) is 2.64. The van der Waals surface area contributed by atoms with Gasteiger partial charge in [0.15, 0.2) is 0 Å². The molecule has 2 aliphatic rings. The molecular weight excluding hydrogens is 244 g/mol. The van der Waals surface area contributed by atoms with E-state index in [0.717, 1.165) is 11.9 Å². The van der Waals surface area contributed by atoms with Gasteiger partial charge in [-0.15, -0.1) is 0 Å². The van der Waals surface area contributed by atoms with Gasteiger partial charge in [0.25, 0.3) is 0 Å². The molecule has 19 heavy (non-hydrogen) atoms. The van der Waals surface area contributed by atoms with Gasteiger partial charge in [-0.05, 0) is 43.4 Å². The molecule has 0 amide bonds. The second-order valence-corrected chi connectivity index (χ2v) is 5.10. The monoisotopic (exact) mass is 262 g/mol. The first-order chi connectivity index (χ1) is 9.02. The van der Waals surface area contributed by atoms with Crippen LogP contribution >= 0.6 is 0 Å². The van der Waals surface area contributed by atoms with Crippen molar-refractivity contribution >= 4 is 12.3 Å². The fourth-order valence-electron chi connectivity index (χ4n) is 2.48. The highest BCUT2D eigenvalue weighted by molar-refractivity contribution is 5.91. The quantitative estimate of drug-likeness (QED) is 0.338. The van der Waals surface area contributed by atoms with Gasteiger partial charge in [-0.1, -0.05) is 12.7 Å². The van der Waals surface area contributed by atoms with Crippen LogP contribution in [0.25, 0.3) is 0 Å². The summed E-state index contributed by atoms with van der Waals surface area (Å²) in [5.74, 6) is -0.705. The van der Waals surface area contributed by atoms with Gasteiger partial charge < -0.3 is 9.84 Å². The van der Waals surface area contributed by atoms with E-state index < -0.39 is 18.2 Å². The molecule has 1 fully saturated rings. The first kappa shape index (κ1) is 13.7. The van der Waals surface area contributed by atoms with E-state index in [9.17, 15) is 14.7 Å². The number of aliphatic hydroxyl groups is 1. The Bertz CT molecular complexity index is 473. The molecular formula is C15H18O4. The summed E-state index contributed by atoms with van der Waals surface area (Å²) in [6, 6.07) is 0. The molecule has 102 valence electrons. The van der Waals surface area contributed by atoms with Crippen molar-refractivity contribution in [2.45, 2.75) is 38.4 Å². The molecule has 1 aliphatic heterocycles. The number of aliphatic hydroxyl groups excluding tert-OH is 1. The highest BCUT2D eigenvalue weighted by atomic mass is 16.6. The van der Waals surface area contributed by atoms with Crippen LogP contribution in [0.2, 0.25) is 0 Å². The molecule has 4 nitrogen and oxygen atoms in total. The van der Waals surface area contributed by atoms with Crippen LogP contribution in [0, 0.1) is 5.92 Å². The minimum absolute atomic E-state index is 0.265. The molecule has 3 atom stereocenters. The third-order valence-electron chi connectivity index (χ3n) is 3.78. The van der Waals surface area contributed by atoms with E-state index >= 15 is 0 Å². The zero-order valence-corrected chi connectivity index (χ0v) is 11.0. The van der Waals surface area contributed by atoms with E-state index in [1.54, 1.807) is 6.08 Å². The predicted molar refractivity (Wildman–Crippen MR) is 70.3 cm³/mol. The molecule has 0 aromatic carbocycles. The maximum absolute atomic E-state index is 11.6. The Hall–Kier alpha value is -1.68. The number of esters is 1. The Kier molecular flexibility index (Phi) is 4.00. The fraction of sp³-hybridized carbons (Fsp3) is 0.467. The van der Waals surface area contributed by atoms with Crippen molar-refractivity contribution in [1.82, 2.24) is 0 Å². The number of fused-ring (bicyclic) bond motifs is 1. The third-order valence-corrected chi connectivity index (χ3v) is 3.78. The summed E-state index contributed by atoms with van der Waals surface area (Å²) < 4.78 is 5.22. The van der Waals surface area contributed by atoms with E-state index in [2.05, 4.69) is 6.58 Å². The number of hydrogen-bond donors (Lipinski definition) is 1. The Morgan fingerprint density at radius 2 is 2.26 bits per heavy atom. The van der Waals surface area contributed by atoms with Crippen molar-refractivity contribution in [2.24, 2.45) is 5.92 Å². The van der Waals surface area contributed by atoms with Crippen LogP contribution in [0.5, 0.6) is 0 Å². The molecule has 0 radical (unpaired) electrons. The molecule has 0 saturated carbocycles. The standard InChI is InChI=1S/C15H18O4/c1-9-4-3-5-11(8-16)6-14-12(7-13(9)17)10(2)15(18)19-14/h4,6,8,12-14,17H,2-3,5,7H2,1H3/b9-4+,11-6-/t12-,13-,14+/m0/s1. The Morgan fingerprint density at radius 1 is 1.53 bits per heavy atom. The van der Waals surface area contributed by atoms with Crippen LogP contribution in [0.15, 0.2) is 35.5 Å². The molecule has 1 heterocycles. The van der Waals surface area contributed by atoms with Crippen molar-refractivity contribution in [3.05, 3.63) is 35.5 Å². The van der Waals surface area contributed by atoms with Crippen LogP contribution in [0.3, 0.4) is 0 Å². The lowest BCUT2D eigenvalue weighted by molar-refractivity contribution is -0.137. The first-order valence-corrected chi connectivity index (χ1v) is 6.43. The Labute approximate surface area is 112 Å². The van der Waals surface area contributed by atoms with Crippen LogP contribution in [0.1, 0.15) is 26.2 Å². The molecule has 0 aromatic heterocycles. The summed E-state index contributed by atoms with van der Waals surface area (Å²) in [6.07, 6.45) is 5.00. The van der Waals surface area contributed by atoms with Crippen molar-refractivity contribution in [2.75, 3.05) is 0 Å². The number of hydrogen-bond acceptors (Lipinski definition) is 4. The van der Waals surface area contributed by atoms with Gasteiger partial charge in [0.1, 0.15) is 12.4 Å². The lowest BCUT2D eigenvalue weighted by Gasteiger charge is -2.21. The van der Waals surface area contributed by atoms with Crippen molar-refractivity contribution < 1.29 is 19.4 Å². The van der Waals surface area contributed by atoms with E-state index in [1.165, 1.54) is 0 Å². The van der Waals surface area contributed by atoms with Crippen LogP contribution in [-0.4, -0.2) is 29.6 Å². The number of rotatable bonds is 1. The normalized spacial score (nSPS) is 37.5. The molecule has 4 heteroatoms. The summed E-state index contributed by atoms with van der Waals surface area (Å²) in [5, 5.41) is 10.1. The van der Waals surface area contributed by atoms with Gasteiger partial charge in [-0.2, -0.15) is 0 Å². The lowest BCUT2D eigenvalue weighted by atomic mass is 9.86. The maximum atomic E-state index is 11.6. The number of ether oxygens (including phenoxy) is 1. The summed E-state index contributed by atoms with van der Waals surface area (Å²) in [4.78, 5) is 22.6. The van der Waals surface area contributed by atoms with E-state index in [1.807, 2.05) is 13.0 Å². The molecule has 0 unspecified atom stereocenters. The average molecular weight is 262 g/mol. The molecule has 0 aromatic rings. The van der Waals surface area contributed by atoms with Crippen LogP contribution in [0.4, 0.5) is 0 Å². The van der Waals surface area contributed by atoms with Gasteiger partial charge in [-0.25, -0.2) is 4.79 Å². The van der Waals surface area contributed by atoms with Gasteiger partial charge in [0.05, 0.1) is 6.10 Å². The second-order valence-electron chi connectivity index (χ2n) is 5.10. The maximum Gasteiger partial charge on any atom is 0.334 e. The lowest BCUT2D eigenvalue weighted by Crippen LogP contribution is -2.22. The van der Waals surface area contributed by atoms with Gasteiger partial charge in [-0.3, -0.25) is 4.79 Å². The highest BCUT2D eigenvalue weighted by Crippen LogP contribution is 2.34. The van der Waals surface area contributed by atoms with E-state index in [4.69, 9.17) is 4.74 Å². The van der Waals surface area contributed by atoms with Gasteiger partial charge >= 0.3 is 5.97 Å². The van der Waals surface area contributed by atoms with Gasteiger partial charge in [0.2, 0.25) is 0 Å². The summed E-state index contributed by atoms with van der Waals surface area (Å²) >= 11 is 0. The summed E-state index contributed by atoms with van der Waals surface area (Å²) in [6.45, 7) is 5.59. The number of aldehydes is 1. The second kappa shape index (κ2) is 5.53. The SMILES string of the molecule is C=C1C(=O)O[C@@H]2/C=C(\C=O)CC/C=C(\C)[C@@H](O)C[C@@H]12. The van der Waals surface area contributed by atoms with Crippen LogP contribution < -0.4 is 0 Å². The molecule has 2 rings (SSSR count). The number of allylic oxidation sites excluding steroid dienone is 2. The largest absolute Gasteiger partial charge is 0.454 e. The smallest absolute Gasteiger partial charge is 0.334 e. The molecule has 1 aliphatic carbocycles. The van der Waals surface area contributed by atoms with E-state index in [0.29, 0.717) is 30.4 Å². The number of carbonyl (C=O) groups excluding carboxylic acids is 2. The molecule has 0 spiro atoms. The molecule has 0 bridgehead atoms. The molecule has 1 saturated heterocycles. The zero-order chi connectivity index (χ0) is 14.0. The van der Waals surface area contributed by atoms with Crippen LogP contribution in [-0.2, 0) is 14.3 Å². The predicted octanol–water partition coefficient (Wildman–Crippen LogP) is 1.70. The summed E-state index contributed by atoms with van der Waals surface area (Å²) in [5.41, 5.74) is 1.86. The van der Waals surface area contributed by atoms with Crippen molar-refractivity contribution in [3.8, 4) is 0 Å². The van der Waals surface area contributed by atoms with E-state index in [-0.39, 0.29) is 5.92 Å². The minimum Gasteiger partial charge on any atom is -0.454 e. The molecule has 1 N–H and O–H groups in total.